The minimum atomic E-state index is 0.0156. The predicted molar refractivity (Wildman–Crippen MR) is 84.0 cm³/mol. The van der Waals surface area contributed by atoms with Crippen molar-refractivity contribution < 1.29 is 4.79 Å². The monoisotopic (exact) mass is 286 g/mol. The summed E-state index contributed by atoms with van der Waals surface area (Å²) in [6, 6.07) is 5.49. The molecule has 1 fully saturated rings. The van der Waals surface area contributed by atoms with Crippen molar-refractivity contribution in [3.05, 3.63) is 23.9 Å². The number of nitrogens with two attached hydrogens (primary N) is 1. The highest BCUT2D eigenvalue weighted by atomic mass is 16.2. The number of piperidine rings is 1. The molecule has 5 heteroatoms. The Morgan fingerprint density at radius 2 is 2.19 bits per heavy atom. The maximum absolute atomic E-state index is 12.7. The first kappa shape index (κ1) is 13.9. The molecular weight excluding hydrogens is 264 g/mol. The van der Waals surface area contributed by atoms with Crippen molar-refractivity contribution in [2.45, 2.75) is 32.6 Å². The quantitative estimate of drug-likeness (QED) is 0.852. The van der Waals surface area contributed by atoms with Crippen molar-refractivity contribution in [2.24, 2.45) is 5.92 Å². The average Bonchev–Trinajstić information content (AvgIpc) is 2.90. The summed E-state index contributed by atoms with van der Waals surface area (Å²) in [6.45, 7) is 3.89. The number of amides is 1. The van der Waals surface area contributed by atoms with Crippen LogP contribution in [0.3, 0.4) is 0 Å². The van der Waals surface area contributed by atoms with Crippen LogP contribution in [0, 0.1) is 5.92 Å². The van der Waals surface area contributed by atoms with E-state index >= 15 is 0 Å². The van der Waals surface area contributed by atoms with E-state index in [9.17, 15) is 4.79 Å². The second-order valence-electron chi connectivity index (χ2n) is 5.90. The number of hydrogen-bond donors (Lipinski definition) is 2. The Morgan fingerprint density at radius 1 is 1.43 bits per heavy atom. The van der Waals surface area contributed by atoms with Crippen LogP contribution in [0.15, 0.2) is 18.2 Å². The van der Waals surface area contributed by atoms with Crippen molar-refractivity contribution >= 4 is 22.5 Å². The lowest BCUT2D eigenvalue weighted by Crippen LogP contribution is -2.38. The van der Waals surface area contributed by atoms with Crippen LogP contribution in [-0.4, -0.2) is 34.1 Å². The number of carbonyl (C=O) groups excluding carboxylic acids is 1. The highest BCUT2D eigenvalue weighted by Crippen LogP contribution is 2.25. The van der Waals surface area contributed by atoms with Crippen LogP contribution in [-0.2, 0) is 0 Å². The van der Waals surface area contributed by atoms with E-state index in [4.69, 9.17) is 5.73 Å². The molecule has 2 aromatic rings. The van der Waals surface area contributed by atoms with Gasteiger partial charge in [0.25, 0.3) is 5.91 Å². The number of benzene rings is 1. The molecule has 0 spiro atoms. The largest absolute Gasteiger partial charge is 0.399 e. The summed E-state index contributed by atoms with van der Waals surface area (Å²) < 4.78 is 0. The summed E-state index contributed by atoms with van der Waals surface area (Å²) in [4.78, 5) is 14.6. The molecule has 0 bridgehead atoms. The summed E-state index contributed by atoms with van der Waals surface area (Å²) in [7, 11) is 0. The van der Waals surface area contributed by atoms with Gasteiger partial charge in [-0.15, -0.1) is 0 Å². The molecule has 112 valence electrons. The van der Waals surface area contributed by atoms with E-state index in [1.165, 1.54) is 12.8 Å². The Bertz CT molecular complexity index is 641. The molecule has 1 aliphatic rings. The summed E-state index contributed by atoms with van der Waals surface area (Å²) in [5.41, 5.74) is 7.81. The van der Waals surface area contributed by atoms with Crippen LogP contribution >= 0.6 is 0 Å². The van der Waals surface area contributed by atoms with Gasteiger partial charge in [-0.1, -0.05) is 19.8 Å². The van der Waals surface area contributed by atoms with Crippen molar-refractivity contribution in [1.82, 2.24) is 15.1 Å². The third-order valence-electron chi connectivity index (χ3n) is 4.39. The Balaban J connectivity index is 1.77. The number of nitrogen functional groups attached to an aromatic ring is 1. The minimum Gasteiger partial charge on any atom is -0.399 e. The molecule has 3 rings (SSSR count). The minimum absolute atomic E-state index is 0.0156. The van der Waals surface area contributed by atoms with Gasteiger partial charge in [0.05, 0.1) is 5.52 Å². The van der Waals surface area contributed by atoms with Crippen molar-refractivity contribution in [2.75, 3.05) is 18.8 Å². The van der Waals surface area contributed by atoms with Gasteiger partial charge in [0.2, 0.25) is 0 Å². The highest BCUT2D eigenvalue weighted by Gasteiger charge is 2.25. The first-order chi connectivity index (χ1) is 10.2. The molecule has 0 unspecified atom stereocenters. The number of aromatic nitrogens is 2. The van der Waals surface area contributed by atoms with Gasteiger partial charge in [-0.05, 0) is 37.0 Å². The number of H-pyrrole nitrogens is 1. The molecule has 0 atom stereocenters. The molecule has 0 radical (unpaired) electrons. The number of anilines is 1. The fraction of sp³-hybridized carbons (Fsp3) is 0.500. The Kier molecular flexibility index (Phi) is 3.82. The third-order valence-corrected chi connectivity index (χ3v) is 4.39. The predicted octanol–water partition coefficient (Wildman–Crippen LogP) is 2.80. The van der Waals surface area contributed by atoms with Gasteiger partial charge >= 0.3 is 0 Å². The van der Waals surface area contributed by atoms with E-state index in [-0.39, 0.29) is 5.91 Å². The lowest BCUT2D eigenvalue weighted by atomic mass is 9.92. The number of hydrogen-bond acceptors (Lipinski definition) is 3. The van der Waals surface area contributed by atoms with Crippen LogP contribution < -0.4 is 5.73 Å². The summed E-state index contributed by atoms with van der Waals surface area (Å²) in [5.74, 6) is 0.785. The topological polar surface area (TPSA) is 75.0 Å². The van der Waals surface area contributed by atoms with Crippen LogP contribution in [0.4, 0.5) is 5.69 Å². The van der Waals surface area contributed by atoms with E-state index in [1.807, 2.05) is 23.1 Å². The molecule has 21 heavy (non-hydrogen) atoms. The standard InChI is InChI=1S/C16H22N4O/c1-2-3-11-6-8-20(9-7-11)16(21)15-13-10-12(17)4-5-14(13)18-19-15/h4-5,10-11H,2-3,6-9,17H2,1H3,(H,18,19). The number of carbonyl (C=O) groups is 1. The fourth-order valence-corrected chi connectivity index (χ4v) is 3.18. The lowest BCUT2D eigenvalue weighted by Gasteiger charge is -2.31. The number of nitrogens with one attached hydrogen (secondary N) is 1. The molecule has 0 aliphatic carbocycles. The molecule has 0 saturated carbocycles. The second kappa shape index (κ2) is 5.76. The Morgan fingerprint density at radius 3 is 2.90 bits per heavy atom. The second-order valence-corrected chi connectivity index (χ2v) is 5.90. The van der Waals surface area contributed by atoms with E-state index in [2.05, 4.69) is 17.1 Å². The highest BCUT2D eigenvalue weighted by molar-refractivity contribution is 6.05. The van der Waals surface area contributed by atoms with Crippen molar-refractivity contribution in [1.29, 1.82) is 0 Å². The molecule has 2 heterocycles. The maximum Gasteiger partial charge on any atom is 0.274 e. The summed E-state index contributed by atoms with van der Waals surface area (Å²) in [6.07, 6.45) is 4.69. The summed E-state index contributed by atoms with van der Waals surface area (Å²) in [5, 5.41) is 7.92. The molecule has 3 N–H and O–H groups in total. The first-order valence-electron chi connectivity index (χ1n) is 7.72. The van der Waals surface area contributed by atoms with E-state index in [0.29, 0.717) is 11.4 Å². The molecule has 1 amide bonds. The molecule has 1 aromatic carbocycles. The molecular formula is C16H22N4O. The zero-order valence-corrected chi connectivity index (χ0v) is 12.4. The number of aromatic amines is 1. The SMILES string of the molecule is CCCC1CCN(C(=O)c2n[nH]c3ccc(N)cc23)CC1. The fourth-order valence-electron chi connectivity index (χ4n) is 3.18. The molecule has 1 saturated heterocycles. The number of likely N-dealkylation sites (tertiary alicyclic amines) is 1. The summed E-state index contributed by atoms with van der Waals surface area (Å²) >= 11 is 0. The molecule has 5 nitrogen and oxygen atoms in total. The van der Waals surface area contributed by atoms with E-state index in [0.717, 1.165) is 42.8 Å². The number of nitrogens with zero attached hydrogens (tertiary/aromatic N) is 2. The average molecular weight is 286 g/mol. The zero-order valence-electron chi connectivity index (χ0n) is 12.4. The molecule has 1 aromatic heterocycles. The maximum atomic E-state index is 12.7. The van der Waals surface area contributed by atoms with Crippen LogP contribution in [0.25, 0.3) is 10.9 Å². The van der Waals surface area contributed by atoms with Crippen molar-refractivity contribution in [3.8, 4) is 0 Å². The van der Waals surface area contributed by atoms with E-state index < -0.39 is 0 Å². The normalized spacial score (nSPS) is 16.5. The van der Waals surface area contributed by atoms with Crippen LogP contribution in [0.5, 0.6) is 0 Å². The molecule has 1 aliphatic heterocycles. The first-order valence-corrected chi connectivity index (χ1v) is 7.72. The van der Waals surface area contributed by atoms with Gasteiger partial charge in [-0.2, -0.15) is 5.10 Å². The lowest BCUT2D eigenvalue weighted by molar-refractivity contribution is 0.0682. The van der Waals surface area contributed by atoms with Gasteiger partial charge < -0.3 is 10.6 Å². The zero-order chi connectivity index (χ0) is 14.8. The third kappa shape index (κ3) is 2.73. The van der Waals surface area contributed by atoms with Crippen LogP contribution in [0.1, 0.15) is 43.1 Å². The smallest absolute Gasteiger partial charge is 0.274 e. The Hall–Kier alpha value is -2.04. The van der Waals surface area contributed by atoms with Gasteiger partial charge in [0.1, 0.15) is 0 Å². The van der Waals surface area contributed by atoms with Gasteiger partial charge in [-0.25, -0.2) is 0 Å². The Labute approximate surface area is 124 Å². The number of fused-ring (bicyclic) bond motifs is 1. The van der Waals surface area contributed by atoms with E-state index in [1.54, 1.807) is 0 Å². The van der Waals surface area contributed by atoms with Gasteiger partial charge in [0, 0.05) is 24.2 Å². The number of rotatable bonds is 3. The van der Waals surface area contributed by atoms with Crippen molar-refractivity contribution in [3.63, 3.8) is 0 Å². The van der Waals surface area contributed by atoms with Crippen LogP contribution in [0.2, 0.25) is 0 Å². The van der Waals surface area contributed by atoms with Gasteiger partial charge in [0.15, 0.2) is 5.69 Å². The van der Waals surface area contributed by atoms with Gasteiger partial charge in [-0.3, -0.25) is 9.89 Å².